The summed E-state index contributed by atoms with van der Waals surface area (Å²) in [6.45, 7) is 0. The number of esters is 1. The number of alkyl halides is 3. The number of anilines is 1. The van der Waals surface area contributed by atoms with Crippen LogP contribution in [0.1, 0.15) is 35.6 Å². The van der Waals surface area contributed by atoms with Crippen molar-refractivity contribution in [2.45, 2.75) is 25.1 Å². The van der Waals surface area contributed by atoms with Gasteiger partial charge in [0.2, 0.25) is 5.91 Å². The van der Waals surface area contributed by atoms with Crippen LogP contribution in [0.5, 0.6) is 0 Å². The molecule has 0 aromatic heterocycles. The fourth-order valence-electron chi connectivity index (χ4n) is 3.04. The summed E-state index contributed by atoms with van der Waals surface area (Å²) >= 11 is 0. The van der Waals surface area contributed by atoms with Crippen LogP contribution in [0.15, 0.2) is 84.9 Å². The molecule has 3 aromatic carbocycles. The minimum absolute atomic E-state index is 0.268. The number of para-hydroxylation sites is 1. The second-order valence-electron chi connectivity index (χ2n) is 6.78. The molecule has 0 atom stereocenters. The van der Waals surface area contributed by atoms with Gasteiger partial charge in [-0.15, -0.1) is 0 Å². The lowest BCUT2D eigenvalue weighted by molar-refractivity contribution is -0.148. The molecule has 0 saturated carbocycles. The monoisotopic (exact) mass is 427 g/mol. The van der Waals surface area contributed by atoms with E-state index in [2.05, 4.69) is 5.32 Å². The molecule has 0 unspecified atom stereocenters. The molecule has 0 aliphatic carbocycles. The van der Waals surface area contributed by atoms with Crippen molar-refractivity contribution in [2.75, 3.05) is 5.32 Å². The summed E-state index contributed by atoms with van der Waals surface area (Å²) in [5.41, 5.74) is 0.246. The maximum Gasteiger partial charge on any atom is 0.418 e. The summed E-state index contributed by atoms with van der Waals surface area (Å²) in [6, 6.07) is 23.0. The van der Waals surface area contributed by atoms with E-state index in [1.165, 1.54) is 18.2 Å². The molecule has 1 N–H and O–H groups in total. The highest BCUT2D eigenvalue weighted by Gasteiger charge is 2.33. The Bertz CT molecular complexity index is 981. The molecule has 0 aliphatic rings. The molecular weight excluding hydrogens is 407 g/mol. The predicted octanol–water partition coefficient (Wildman–Crippen LogP) is 5.76. The molecule has 0 spiro atoms. The van der Waals surface area contributed by atoms with Crippen LogP contribution in [0.2, 0.25) is 0 Å². The SMILES string of the molecule is O=C(CCC(=O)OC(c1ccccc1)c1ccccc1)Nc1ccccc1C(F)(F)F. The van der Waals surface area contributed by atoms with E-state index in [-0.39, 0.29) is 18.5 Å². The van der Waals surface area contributed by atoms with Gasteiger partial charge >= 0.3 is 12.1 Å². The maximum absolute atomic E-state index is 13.1. The summed E-state index contributed by atoms with van der Waals surface area (Å²) < 4.78 is 44.8. The van der Waals surface area contributed by atoms with Gasteiger partial charge < -0.3 is 10.1 Å². The Morgan fingerprint density at radius 3 is 1.84 bits per heavy atom. The molecule has 0 bridgehead atoms. The Morgan fingerprint density at radius 1 is 0.774 bits per heavy atom. The molecule has 7 heteroatoms. The summed E-state index contributed by atoms with van der Waals surface area (Å²) in [5, 5.41) is 2.22. The molecule has 3 rings (SSSR count). The first kappa shape index (κ1) is 22.1. The van der Waals surface area contributed by atoms with Crippen molar-refractivity contribution in [2.24, 2.45) is 0 Å². The van der Waals surface area contributed by atoms with Crippen LogP contribution in [-0.4, -0.2) is 11.9 Å². The lowest BCUT2D eigenvalue weighted by atomic mass is 10.0. The van der Waals surface area contributed by atoms with E-state index >= 15 is 0 Å². The van der Waals surface area contributed by atoms with Crippen LogP contribution >= 0.6 is 0 Å². The topological polar surface area (TPSA) is 55.4 Å². The van der Waals surface area contributed by atoms with Crippen LogP contribution in [0.25, 0.3) is 0 Å². The zero-order chi connectivity index (χ0) is 22.3. The number of carbonyl (C=O) groups is 2. The molecule has 4 nitrogen and oxygen atoms in total. The van der Waals surface area contributed by atoms with Gasteiger partial charge in [0.15, 0.2) is 6.10 Å². The van der Waals surface area contributed by atoms with E-state index in [1.54, 1.807) is 0 Å². The predicted molar refractivity (Wildman–Crippen MR) is 110 cm³/mol. The van der Waals surface area contributed by atoms with E-state index in [4.69, 9.17) is 4.74 Å². The zero-order valence-electron chi connectivity index (χ0n) is 16.4. The van der Waals surface area contributed by atoms with Crippen molar-refractivity contribution in [1.29, 1.82) is 0 Å². The lowest BCUT2D eigenvalue weighted by Gasteiger charge is -2.19. The molecule has 0 radical (unpaired) electrons. The Balaban J connectivity index is 1.63. The second kappa shape index (κ2) is 9.93. The molecular formula is C24H20F3NO3. The number of benzene rings is 3. The van der Waals surface area contributed by atoms with Crippen molar-refractivity contribution in [3.05, 3.63) is 102 Å². The fraction of sp³-hybridized carbons (Fsp3) is 0.167. The van der Waals surface area contributed by atoms with Gasteiger partial charge in [-0.25, -0.2) is 0 Å². The first-order chi connectivity index (χ1) is 14.8. The number of ether oxygens (including phenoxy) is 1. The van der Waals surface area contributed by atoms with E-state index in [9.17, 15) is 22.8 Å². The fourth-order valence-corrected chi connectivity index (χ4v) is 3.04. The number of halogens is 3. The van der Waals surface area contributed by atoms with E-state index in [0.29, 0.717) is 0 Å². The highest BCUT2D eigenvalue weighted by atomic mass is 19.4. The van der Waals surface area contributed by atoms with Crippen LogP contribution in [0.4, 0.5) is 18.9 Å². The minimum Gasteiger partial charge on any atom is -0.453 e. The Labute approximate surface area is 177 Å². The highest BCUT2D eigenvalue weighted by molar-refractivity contribution is 5.93. The Kier molecular flexibility index (Phi) is 7.07. The largest absolute Gasteiger partial charge is 0.453 e. The van der Waals surface area contributed by atoms with Gasteiger partial charge in [-0.2, -0.15) is 13.2 Å². The van der Waals surface area contributed by atoms with Crippen LogP contribution in [0.3, 0.4) is 0 Å². The molecule has 0 aliphatic heterocycles. The smallest absolute Gasteiger partial charge is 0.418 e. The van der Waals surface area contributed by atoms with Gasteiger partial charge in [0, 0.05) is 6.42 Å². The maximum atomic E-state index is 13.1. The number of rotatable bonds is 7. The zero-order valence-corrected chi connectivity index (χ0v) is 16.4. The Morgan fingerprint density at radius 2 is 1.29 bits per heavy atom. The van der Waals surface area contributed by atoms with Gasteiger partial charge in [-0.3, -0.25) is 9.59 Å². The lowest BCUT2D eigenvalue weighted by Crippen LogP contribution is -2.19. The normalized spacial score (nSPS) is 11.2. The van der Waals surface area contributed by atoms with Crippen molar-refractivity contribution < 1.29 is 27.5 Å². The first-order valence-electron chi connectivity index (χ1n) is 9.60. The average molecular weight is 427 g/mol. The molecule has 0 heterocycles. The van der Waals surface area contributed by atoms with Crippen LogP contribution in [-0.2, 0) is 20.5 Å². The number of hydrogen-bond acceptors (Lipinski definition) is 3. The highest BCUT2D eigenvalue weighted by Crippen LogP contribution is 2.34. The summed E-state index contributed by atoms with van der Waals surface area (Å²) in [7, 11) is 0. The van der Waals surface area contributed by atoms with Gasteiger partial charge in [-0.05, 0) is 23.3 Å². The molecule has 31 heavy (non-hydrogen) atoms. The first-order valence-corrected chi connectivity index (χ1v) is 9.60. The van der Waals surface area contributed by atoms with E-state index in [1.807, 2.05) is 60.7 Å². The summed E-state index contributed by atoms with van der Waals surface area (Å²) in [5.74, 6) is -1.33. The molecule has 160 valence electrons. The van der Waals surface area contributed by atoms with Gasteiger partial charge in [0.05, 0.1) is 17.7 Å². The Hall–Kier alpha value is -3.61. The quantitative estimate of drug-likeness (QED) is 0.488. The number of amides is 1. The van der Waals surface area contributed by atoms with Crippen molar-refractivity contribution >= 4 is 17.6 Å². The second-order valence-corrected chi connectivity index (χ2v) is 6.78. The third-order valence-corrected chi connectivity index (χ3v) is 4.52. The minimum atomic E-state index is -4.60. The van der Waals surface area contributed by atoms with Crippen molar-refractivity contribution in [3.8, 4) is 0 Å². The summed E-state index contributed by atoms with van der Waals surface area (Å²) in [6.07, 6.45) is -5.82. The number of carbonyl (C=O) groups excluding carboxylic acids is 2. The van der Waals surface area contributed by atoms with Gasteiger partial charge in [-0.1, -0.05) is 72.8 Å². The van der Waals surface area contributed by atoms with Crippen molar-refractivity contribution in [1.82, 2.24) is 0 Å². The van der Waals surface area contributed by atoms with Crippen molar-refractivity contribution in [3.63, 3.8) is 0 Å². The summed E-state index contributed by atoms with van der Waals surface area (Å²) in [4.78, 5) is 24.5. The van der Waals surface area contributed by atoms with E-state index in [0.717, 1.165) is 17.2 Å². The van der Waals surface area contributed by atoms with Gasteiger partial charge in [0.1, 0.15) is 0 Å². The van der Waals surface area contributed by atoms with Crippen LogP contribution < -0.4 is 5.32 Å². The average Bonchev–Trinajstić information content (AvgIpc) is 2.77. The standard InChI is InChI=1S/C24H20F3NO3/c25-24(26,27)19-13-7-8-14-20(19)28-21(29)15-16-22(30)31-23(17-9-3-1-4-10-17)18-11-5-2-6-12-18/h1-14,23H,15-16H2,(H,28,29). The van der Waals surface area contributed by atoms with Gasteiger partial charge in [0.25, 0.3) is 0 Å². The number of nitrogens with one attached hydrogen (secondary N) is 1. The molecule has 0 saturated heterocycles. The molecule has 0 fully saturated rings. The van der Waals surface area contributed by atoms with Crippen LogP contribution in [0, 0.1) is 0 Å². The third-order valence-electron chi connectivity index (χ3n) is 4.52. The molecule has 1 amide bonds. The third kappa shape index (κ3) is 6.18. The molecule has 3 aromatic rings. The van der Waals surface area contributed by atoms with E-state index < -0.39 is 29.7 Å². The number of hydrogen-bond donors (Lipinski definition) is 1.